The first kappa shape index (κ1) is 114. The van der Waals surface area contributed by atoms with E-state index in [1.54, 1.807) is 0 Å². The molecule has 0 fully saturated rings. The molecule has 10 aromatic rings. The molecule has 0 saturated carbocycles. The first-order valence-electron chi connectivity index (χ1n) is 30.3. The summed E-state index contributed by atoms with van der Waals surface area (Å²) in [6.45, 7) is -2.01. The first-order chi connectivity index (χ1) is 55.1. The summed E-state index contributed by atoms with van der Waals surface area (Å²) in [6, 6.07) is 14.1. The number of halogens is 6. The fourth-order valence-electron chi connectivity index (χ4n) is 9.78. The molecule has 0 atom stereocenters. The molecule has 0 aliphatic heterocycles. The molecule has 70 heteroatoms. The molecule has 8 aromatic carbocycles. The number of nitrogen functional groups attached to an aromatic ring is 2. The van der Waals surface area contributed by atoms with Gasteiger partial charge >= 0.3 is 157 Å². The smallest absolute Gasteiger partial charge is 0.744 e. The molecule has 0 spiro atoms. The van der Waals surface area contributed by atoms with Crippen LogP contribution in [0.5, 0.6) is 11.5 Å². The topological polar surface area (TPSA) is 806 Å². The summed E-state index contributed by atoms with van der Waals surface area (Å²) in [4.78, 5) is 3.63. The summed E-state index contributed by atoms with van der Waals surface area (Å²) in [5.41, 5.74) is 3.05. The van der Waals surface area contributed by atoms with E-state index in [2.05, 4.69) is 79.8 Å². The summed E-state index contributed by atoms with van der Waals surface area (Å²) in [5, 5.41) is 51.4. The maximum Gasteiger partial charge on any atom is 1.00 e. The number of anilines is 6. The summed E-state index contributed by atoms with van der Waals surface area (Å²) in [6.07, 6.45) is -3.17. The Morgan fingerprint density at radius 1 is 0.389 bits per heavy atom. The number of rotatable bonds is 28. The van der Waals surface area contributed by atoms with Gasteiger partial charge in [0.05, 0.1) is 87.6 Å². The standard InChI is InChI=1S/2C28H21ClF2N8O16S5.3Li.3Na/c2*29-21-26(30)34-28(31)35-27(21)33-14-3-6-17(57(43,44)45)16(11-14)37-39-24-19(59(49,50)51)10-12-9-18(58(46,47)48)23(22(32)20(12)25(24)40)38-36-13-1-4-15(5-2-13)56(41,42)8-7-55-60(52,53)54;;;;;;/h2*1-6,9-11,40H,7-8,32H2,(H,33,34,35)(H,43,44,45)(H,46,47,48)(H,49,50,51)(H,52,53,54);;;;;;/q;;6*+1/p-6. The zero-order chi connectivity index (χ0) is 89.5. The van der Waals surface area contributed by atoms with Crippen LogP contribution >= 0.6 is 23.2 Å². The molecule has 0 radical (unpaired) electrons. The number of phenols is 2. The Hall–Kier alpha value is -6.17. The van der Waals surface area contributed by atoms with E-state index in [0.717, 1.165) is 60.7 Å². The van der Waals surface area contributed by atoms with E-state index in [1.165, 1.54) is 0 Å². The van der Waals surface area contributed by atoms with Gasteiger partial charge in [-0.05, 0) is 120 Å². The molecule has 48 nitrogen and oxygen atoms in total. The van der Waals surface area contributed by atoms with Gasteiger partial charge in [0.1, 0.15) is 94.4 Å². The van der Waals surface area contributed by atoms with E-state index < -0.39 is 289 Å². The van der Waals surface area contributed by atoms with Gasteiger partial charge in [-0.1, -0.05) is 23.2 Å². The molecule has 2 aromatic heterocycles. The van der Waals surface area contributed by atoms with Crippen molar-refractivity contribution in [3.8, 4) is 11.5 Å². The van der Waals surface area contributed by atoms with Crippen LogP contribution in [0.15, 0.2) is 189 Å². The van der Waals surface area contributed by atoms with Crippen molar-refractivity contribution in [2.45, 2.75) is 39.2 Å². The van der Waals surface area contributed by atoms with Gasteiger partial charge in [0.15, 0.2) is 42.8 Å². The van der Waals surface area contributed by atoms with Gasteiger partial charge in [0.2, 0.25) is 32.7 Å². The molecule has 2 heterocycles. The Kier molecular flexibility index (Phi) is 39.7. The molecule has 0 saturated heterocycles. The van der Waals surface area contributed by atoms with Gasteiger partial charge in [0, 0.05) is 11.4 Å². The van der Waals surface area contributed by atoms with Crippen molar-refractivity contribution in [1.82, 2.24) is 19.9 Å². The second kappa shape index (κ2) is 43.9. The second-order valence-corrected chi connectivity index (χ2v) is 38.0. The Balaban J connectivity index is 0.000000621. The number of hydrogen-bond acceptors (Lipinski definition) is 46. The van der Waals surface area contributed by atoms with Crippen LogP contribution in [-0.2, 0) is 110 Å². The van der Waals surface area contributed by atoms with Gasteiger partial charge in [-0.25, -0.2) is 67.3 Å². The molecule has 10 N–H and O–H groups in total. The SMILES string of the molecule is Nc1c(N=Nc2ccc(S(=O)(=O)CCOS(=O)(=O)[O-])cc2)c(S(=O)(=O)O)cc2cc(S(=O)(=O)[O-])c(N=Nc3cc(Nc4nc(F)nc(F)c4Cl)ccc3S(=O)(=O)[O-])c(O)c12.Nc1c(N=Nc2ccc(S(=O)(=O)CCOS(=O)(=O)[O-])cc2)c(S(=O)(=O)O)cc2cc(S(=O)(=O)[O-])c(N=Nc3cc(Nc4nc(F)nc(F)c4Cl)ccc3S(=O)(=O)[O-])c(O)c12.[Li+].[Li+].[Li+].[Na+].[Na+].[Na+]. The van der Waals surface area contributed by atoms with E-state index in [1.807, 2.05) is 0 Å². The predicted octanol–water partition coefficient (Wildman–Crippen LogP) is -10.5. The number of nitrogens with zero attached hydrogens (tertiary/aromatic N) is 12. The quantitative estimate of drug-likeness (QED) is 0.00330. The Morgan fingerprint density at radius 3 is 0.952 bits per heavy atom. The zero-order valence-corrected chi connectivity index (χ0v) is 79.0. The average molecular weight is 2000 g/mol. The largest absolute Gasteiger partial charge is 1.00 e. The minimum absolute atomic E-state index is 0. The van der Waals surface area contributed by atoms with Crippen molar-refractivity contribution in [3.63, 3.8) is 0 Å². The van der Waals surface area contributed by atoms with Crippen LogP contribution in [0.3, 0.4) is 0 Å². The number of hydrogen-bond donors (Lipinski definition) is 8. The first-order valence-corrected chi connectivity index (χ1v) is 45.5. The molecule has 10 rings (SSSR count). The molecule has 0 amide bonds. The number of azo groups is 4. The van der Waals surface area contributed by atoms with Crippen molar-refractivity contribution < 1.29 is 302 Å². The number of benzene rings is 8. The van der Waals surface area contributed by atoms with E-state index >= 15 is 0 Å². The minimum Gasteiger partial charge on any atom is -0.744 e. The Bertz CT molecular complexity index is 6940. The number of nitrogens with one attached hydrogen (secondary N) is 2. The third-order valence-corrected chi connectivity index (χ3v) is 25.0. The van der Waals surface area contributed by atoms with Crippen LogP contribution in [0.2, 0.25) is 10.0 Å². The van der Waals surface area contributed by atoms with E-state index in [9.17, 15) is 148 Å². The summed E-state index contributed by atoms with van der Waals surface area (Å²) in [7, 11) is -51.9. The number of nitrogens with two attached hydrogens (primary N) is 2. The summed E-state index contributed by atoms with van der Waals surface area (Å²) in [5.74, 6) is -9.01. The monoisotopic (exact) mass is 2000 g/mol. The fraction of sp³-hybridized carbons (Fsp3) is 0.0714. The molecule has 0 aliphatic rings. The van der Waals surface area contributed by atoms with E-state index in [4.69, 9.17) is 34.7 Å². The van der Waals surface area contributed by atoms with Gasteiger partial charge < -0.3 is 59.6 Å². The van der Waals surface area contributed by atoms with Crippen molar-refractivity contribution in [3.05, 3.63) is 143 Å². The number of sulfone groups is 2. The van der Waals surface area contributed by atoms with Crippen LogP contribution in [0.25, 0.3) is 21.5 Å². The molecule has 0 unspecified atom stereocenters. The van der Waals surface area contributed by atoms with Gasteiger partial charge in [-0.15, -0.1) is 30.7 Å². The van der Waals surface area contributed by atoms with Crippen LogP contribution in [0.1, 0.15) is 0 Å². The maximum atomic E-state index is 13.9. The normalized spacial score (nSPS) is 12.5. The average Bonchev–Trinajstić information content (AvgIpc) is 0.741. The fourth-order valence-corrected chi connectivity index (χ4v) is 16.8. The molecule has 126 heavy (non-hydrogen) atoms. The third kappa shape index (κ3) is 28.9. The molecule has 640 valence electrons. The van der Waals surface area contributed by atoms with Crippen molar-refractivity contribution in [1.29, 1.82) is 0 Å². The Labute approximate surface area is 819 Å². The van der Waals surface area contributed by atoms with Crippen molar-refractivity contribution in [2.24, 2.45) is 40.9 Å². The van der Waals surface area contributed by atoms with Gasteiger partial charge in [0.25, 0.3) is 20.2 Å². The molecule has 0 aliphatic carbocycles. The zero-order valence-electron chi connectivity index (χ0n) is 63.3. The van der Waals surface area contributed by atoms with Crippen LogP contribution in [-0.4, -0.2) is 175 Å². The van der Waals surface area contributed by atoms with Crippen LogP contribution in [0, 0.1) is 24.1 Å². The molecular weight excluding hydrogens is 1970 g/mol. The predicted molar refractivity (Wildman–Crippen MR) is 390 cm³/mol. The minimum atomic E-state index is -5.74. The van der Waals surface area contributed by atoms with E-state index in [0.29, 0.717) is 48.5 Å². The maximum absolute atomic E-state index is 13.9. The van der Waals surface area contributed by atoms with Gasteiger partial charge in [-0.3, -0.25) is 17.5 Å². The summed E-state index contributed by atoms with van der Waals surface area (Å²) < 4.78 is 393. The Morgan fingerprint density at radius 2 is 0.675 bits per heavy atom. The van der Waals surface area contributed by atoms with Crippen LogP contribution < -0.4 is 167 Å². The number of fused-ring (bicyclic) bond motifs is 2. The number of aromatic hydroxyl groups is 2. The molecular formula is C56H36Cl2F4Li3N16Na3O32S10. The number of phenolic OH excluding ortho intramolecular Hbond substituents is 2. The van der Waals surface area contributed by atoms with Crippen molar-refractivity contribution in [2.75, 3.05) is 46.8 Å². The van der Waals surface area contributed by atoms with Crippen LogP contribution in [0.4, 0.5) is 97.4 Å². The third-order valence-electron chi connectivity index (χ3n) is 14.9. The molecule has 0 bridgehead atoms. The second-order valence-electron chi connectivity index (χ2n) is 22.8. The van der Waals surface area contributed by atoms with Crippen molar-refractivity contribution >= 4 is 226 Å². The number of aromatic nitrogens is 4. The van der Waals surface area contributed by atoms with E-state index in [-0.39, 0.29) is 168 Å². The van der Waals surface area contributed by atoms with Gasteiger partial charge in [-0.2, -0.15) is 64.6 Å². The summed E-state index contributed by atoms with van der Waals surface area (Å²) >= 11 is 11.5.